The van der Waals surface area contributed by atoms with Gasteiger partial charge in [-0.25, -0.2) is 29.9 Å². The van der Waals surface area contributed by atoms with Gasteiger partial charge >= 0.3 is 6.18 Å². The van der Waals surface area contributed by atoms with E-state index in [4.69, 9.17) is 21.6 Å². The van der Waals surface area contributed by atoms with Gasteiger partial charge in [-0.2, -0.15) is 28.5 Å². The van der Waals surface area contributed by atoms with Gasteiger partial charge in [0.2, 0.25) is 0 Å². The highest BCUT2D eigenvalue weighted by Crippen LogP contribution is 2.39. The molecule has 18 nitrogen and oxygen atoms in total. The molecule has 0 aromatic carbocycles. The van der Waals surface area contributed by atoms with E-state index in [0.29, 0.717) is 58.4 Å². The Morgan fingerprint density at radius 3 is 1.31 bits per heavy atom. The van der Waals surface area contributed by atoms with Crippen LogP contribution in [-0.2, 0) is 6.18 Å². The van der Waals surface area contributed by atoms with Crippen molar-refractivity contribution < 1.29 is 13.2 Å². The average Bonchev–Trinajstić information content (AvgIpc) is 4.22. The molecule has 6 N–H and O–H groups in total. The fourth-order valence-electron chi connectivity index (χ4n) is 10.3. The zero-order valence-corrected chi connectivity index (χ0v) is 47.5. The van der Waals surface area contributed by atoms with Gasteiger partial charge in [-0.3, -0.25) is 15.3 Å². The zero-order chi connectivity index (χ0) is 56.6. The van der Waals surface area contributed by atoms with Gasteiger partial charge in [-0.1, -0.05) is 80.0 Å². The van der Waals surface area contributed by atoms with Crippen LogP contribution in [0.1, 0.15) is 67.9 Å². The molecule has 0 aliphatic carbocycles. The Balaban J connectivity index is 0.000000135. The van der Waals surface area contributed by atoms with E-state index < -0.39 is 11.7 Å². The number of H-pyrrole nitrogens is 3. The molecule has 9 aromatic heterocycles. The van der Waals surface area contributed by atoms with E-state index in [2.05, 4.69) is 151 Å². The van der Waals surface area contributed by atoms with Crippen molar-refractivity contribution in [1.29, 1.82) is 0 Å². The second-order valence-corrected chi connectivity index (χ2v) is 24.2. The predicted molar refractivity (Wildman–Crippen MR) is 312 cm³/mol. The maximum absolute atomic E-state index is 13.7. The third-order valence-electron chi connectivity index (χ3n) is 15.1. The number of anilines is 3. The minimum absolute atomic E-state index is 0.0264. The molecule has 420 valence electrons. The van der Waals surface area contributed by atoms with Crippen molar-refractivity contribution in [1.82, 2.24) is 76.4 Å². The van der Waals surface area contributed by atoms with E-state index in [1.54, 1.807) is 30.7 Å². The van der Waals surface area contributed by atoms with E-state index in [-0.39, 0.29) is 33.7 Å². The molecule has 3 aliphatic heterocycles. The number of alkyl halides is 3. The molecule has 0 bridgehead atoms. The summed E-state index contributed by atoms with van der Waals surface area (Å²) in [5.41, 5.74) is 4.82. The zero-order valence-electron chi connectivity index (χ0n) is 46.7. The van der Waals surface area contributed by atoms with Crippen LogP contribution in [0, 0.1) is 16.2 Å². The Hall–Kier alpha value is -7.33. The summed E-state index contributed by atoms with van der Waals surface area (Å²) < 4.78 is 41.2. The lowest BCUT2D eigenvalue weighted by Gasteiger charge is -2.41. The van der Waals surface area contributed by atoms with E-state index >= 15 is 0 Å². The van der Waals surface area contributed by atoms with E-state index in [1.807, 2.05) is 47.4 Å². The van der Waals surface area contributed by atoms with Gasteiger partial charge in [0.1, 0.15) is 28.8 Å². The number of hydrogen-bond donors (Lipinski definition) is 6. The van der Waals surface area contributed by atoms with Crippen LogP contribution in [0.2, 0.25) is 5.02 Å². The molecule has 12 heterocycles. The van der Waals surface area contributed by atoms with Crippen molar-refractivity contribution >= 4 is 62.2 Å². The van der Waals surface area contributed by atoms with Crippen LogP contribution in [0.25, 0.3) is 67.3 Å². The Bertz CT molecular complexity index is 3570. The summed E-state index contributed by atoms with van der Waals surface area (Å²) in [4.78, 5) is 33.6. The molecule has 3 saturated heterocycles. The van der Waals surface area contributed by atoms with E-state index in [0.717, 1.165) is 97.0 Å². The lowest BCUT2D eigenvalue weighted by atomic mass is 9.85. The van der Waals surface area contributed by atoms with Crippen molar-refractivity contribution in [2.24, 2.45) is 16.2 Å². The van der Waals surface area contributed by atoms with Crippen molar-refractivity contribution in [2.45, 2.75) is 86.6 Å². The third kappa shape index (κ3) is 12.3. The van der Waals surface area contributed by atoms with Crippen molar-refractivity contribution in [3.63, 3.8) is 0 Å². The predicted octanol–water partition coefficient (Wildman–Crippen LogP) is 10.2. The molecule has 80 heavy (non-hydrogen) atoms. The first kappa shape index (κ1) is 56.0. The average molecular weight is 1110 g/mol. The summed E-state index contributed by atoms with van der Waals surface area (Å²) in [6, 6.07) is 24.9. The van der Waals surface area contributed by atoms with Gasteiger partial charge in [0.15, 0.2) is 16.9 Å². The summed E-state index contributed by atoms with van der Waals surface area (Å²) in [7, 11) is 0. The second kappa shape index (κ2) is 22.7. The monoisotopic (exact) mass is 1110 g/mol. The third-order valence-corrected chi connectivity index (χ3v) is 15.4. The van der Waals surface area contributed by atoms with Crippen LogP contribution in [0.4, 0.5) is 30.6 Å². The van der Waals surface area contributed by atoms with Gasteiger partial charge in [0.05, 0.1) is 33.4 Å². The van der Waals surface area contributed by atoms with Gasteiger partial charge in [-0.05, 0) is 89.0 Å². The summed E-state index contributed by atoms with van der Waals surface area (Å²) in [6.07, 6.45) is 0.503. The molecule has 9 aromatic rings. The largest absolute Gasteiger partial charge is 0.418 e. The molecule has 12 rings (SSSR count). The molecule has 0 unspecified atom stereocenters. The number of pyridine rings is 6. The lowest BCUT2D eigenvalue weighted by Crippen LogP contribution is -2.56. The van der Waals surface area contributed by atoms with Crippen molar-refractivity contribution in [3.8, 4) is 34.2 Å². The summed E-state index contributed by atoms with van der Waals surface area (Å²) in [6.45, 7) is 27.8. The number of fused-ring (bicyclic) bond motifs is 3. The Morgan fingerprint density at radius 2 is 0.863 bits per heavy atom. The second-order valence-electron chi connectivity index (χ2n) is 23.8. The highest BCUT2D eigenvalue weighted by Gasteiger charge is 2.38. The SMILES string of the molecule is CC(C)(C)[C@H]1CN(c2ccc(C(F)(F)F)c(-c3[nH]nc4ncccc34)n2)CCN1.CC(C)(C)[C@H]1CN(c2ccc(Cl)c(-c3[nH]nc4ncccc34)n2)CCN1.CC(C)(C)[C@H]1CN(c2cccc(-c3[nH]nc4ncccc34)n2)CCN1. The molecule has 3 aliphatic rings. The number of piperazine rings is 3. The number of hydrogen-bond acceptors (Lipinski definition) is 15. The highest BCUT2D eigenvalue weighted by atomic mass is 35.5. The van der Waals surface area contributed by atoms with Gasteiger partial charge in [0, 0.05) is 112 Å². The minimum Gasteiger partial charge on any atom is -0.354 e. The first-order valence-electron chi connectivity index (χ1n) is 27.2. The van der Waals surface area contributed by atoms with Crippen molar-refractivity contribution in [3.05, 3.63) is 108 Å². The smallest absolute Gasteiger partial charge is 0.354 e. The number of nitrogens with zero attached hydrogens (tertiary/aromatic N) is 12. The lowest BCUT2D eigenvalue weighted by molar-refractivity contribution is -0.137. The maximum Gasteiger partial charge on any atom is 0.418 e. The number of aromatic amines is 3. The first-order chi connectivity index (χ1) is 38.1. The molecule has 0 amide bonds. The summed E-state index contributed by atoms with van der Waals surface area (Å²) >= 11 is 6.47. The molecule has 0 radical (unpaired) electrons. The number of halogens is 4. The van der Waals surface area contributed by atoms with Gasteiger partial charge in [0.25, 0.3) is 0 Å². The van der Waals surface area contributed by atoms with Crippen LogP contribution in [0.3, 0.4) is 0 Å². The number of nitrogens with one attached hydrogen (secondary N) is 6. The maximum atomic E-state index is 13.7. The van der Waals surface area contributed by atoms with Gasteiger partial charge in [-0.15, -0.1) is 0 Å². The topological polar surface area (TPSA) is 209 Å². The standard InChI is InChI=1S/C20H23F3N6.C19H23ClN6.C19H24N6/c1-19(2,3)14-11-29(10-9-24-14)15-7-6-13(20(21,22)23)17(26-15)16-12-5-4-8-25-18(12)28-27-16;1-19(2,3)14-11-26(10-9-21-14)15-7-6-13(20)17(23-15)16-12-5-4-8-22-18(12)25-24-16;1-19(2,3)15-12-25(11-10-20-15)16-8-4-7-14(22-16)17-13-6-5-9-21-18(13)24-23-17/h4-8,14,24H,9-11H2,1-3H3,(H,25,27,28);4-8,14,21H,9-11H2,1-3H3,(H,22,24,25);4-9,15,20H,10-12H2,1-3H3,(H,21,23,24)/t2*14-;15-/m111/s1. The van der Waals surface area contributed by atoms with Crippen molar-refractivity contribution in [2.75, 3.05) is 73.6 Å². The summed E-state index contributed by atoms with van der Waals surface area (Å²) in [5.74, 6) is 2.47. The fraction of sp³-hybridized carbons (Fsp3) is 0.431. The molecule has 3 fully saturated rings. The molecule has 3 atom stereocenters. The molecular formula is C58H70ClF3N18. The van der Waals surface area contributed by atoms with E-state index in [9.17, 15) is 13.2 Å². The minimum atomic E-state index is -4.53. The van der Waals surface area contributed by atoms with Gasteiger partial charge < -0.3 is 30.7 Å². The molecular weight excluding hydrogens is 1040 g/mol. The number of rotatable bonds is 6. The van der Waals surface area contributed by atoms with Crippen LogP contribution in [0.15, 0.2) is 97.5 Å². The Labute approximate surface area is 468 Å². The molecule has 22 heteroatoms. The fourth-order valence-corrected chi connectivity index (χ4v) is 10.5. The van der Waals surface area contributed by atoms with Crippen LogP contribution >= 0.6 is 11.6 Å². The van der Waals surface area contributed by atoms with E-state index in [1.165, 1.54) is 6.07 Å². The van der Waals surface area contributed by atoms with Crippen LogP contribution in [-0.4, -0.2) is 138 Å². The quantitative estimate of drug-likeness (QED) is 0.0915. The summed E-state index contributed by atoms with van der Waals surface area (Å²) in [5, 5.41) is 35.2. The first-order valence-corrected chi connectivity index (χ1v) is 27.5. The molecule has 0 spiro atoms. The molecule has 0 saturated carbocycles. The normalized spacial score (nSPS) is 18.5. The Morgan fingerprint density at radius 1 is 0.463 bits per heavy atom. The number of aromatic nitrogens is 12. The Kier molecular flexibility index (Phi) is 15.9. The van der Waals surface area contributed by atoms with Crippen LogP contribution < -0.4 is 30.7 Å². The highest BCUT2D eigenvalue weighted by molar-refractivity contribution is 6.33. The van der Waals surface area contributed by atoms with Crippen LogP contribution in [0.5, 0.6) is 0 Å².